The second kappa shape index (κ2) is 4.14. The topological polar surface area (TPSA) is 26.0 Å². The van der Waals surface area contributed by atoms with Crippen LogP contribution in [0, 0.1) is 5.92 Å². The highest BCUT2D eigenvalue weighted by Crippen LogP contribution is 2.36. The van der Waals surface area contributed by atoms with Crippen LogP contribution >= 0.6 is 0 Å². The van der Waals surface area contributed by atoms with Gasteiger partial charge in [-0.25, -0.2) is 0 Å². The van der Waals surface area contributed by atoms with Crippen LogP contribution in [0.25, 0.3) is 0 Å². The van der Waals surface area contributed by atoms with Crippen LogP contribution < -0.4 is 5.73 Å². The molecule has 2 N–H and O–H groups in total. The normalized spacial score (nSPS) is 18.1. The summed E-state index contributed by atoms with van der Waals surface area (Å²) < 4.78 is 0. The van der Waals surface area contributed by atoms with E-state index >= 15 is 0 Å². The summed E-state index contributed by atoms with van der Waals surface area (Å²) in [5.41, 5.74) is 8.82. The van der Waals surface area contributed by atoms with E-state index in [0.29, 0.717) is 0 Å². The standard InChI is InChI=1S/C13H19N/c1-2-10-5-7-12(8-6-10)13(14)9-11-3-4-11/h5-8,11,13H,2-4,9,14H2,1H3/t13-/m1/s1. The molecule has 2 rings (SSSR count). The summed E-state index contributed by atoms with van der Waals surface area (Å²) in [6, 6.07) is 9.02. The fourth-order valence-electron chi connectivity index (χ4n) is 1.85. The Kier molecular flexibility index (Phi) is 2.87. The third-order valence-corrected chi connectivity index (χ3v) is 3.10. The van der Waals surface area contributed by atoms with Gasteiger partial charge >= 0.3 is 0 Å². The molecule has 14 heavy (non-hydrogen) atoms. The molecule has 1 aliphatic carbocycles. The molecule has 0 amide bonds. The number of hydrogen-bond donors (Lipinski definition) is 1. The largest absolute Gasteiger partial charge is 0.324 e. The number of benzene rings is 1. The Morgan fingerprint density at radius 3 is 2.43 bits per heavy atom. The van der Waals surface area contributed by atoms with Gasteiger partial charge in [0.05, 0.1) is 0 Å². The smallest absolute Gasteiger partial charge is 0.0297 e. The van der Waals surface area contributed by atoms with Crippen molar-refractivity contribution >= 4 is 0 Å². The predicted molar refractivity (Wildman–Crippen MR) is 60.1 cm³/mol. The molecule has 0 aromatic heterocycles. The molecule has 1 aromatic carbocycles. The highest BCUT2D eigenvalue weighted by Gasteiger charge is 2.24. The van der Waals surface area contributed by atoms with Crippen molar-refractivity contribution < 1.29 is 0 Å². The molecule has 1 atom stereocenters. The van der Waals surface area contributed by atoms with Crippen molar-refractivity contribution in [1.29, 1.82) is 0 Å². The molecule has 1 aromatic rings. The number of rotatable bonds is 4. The minimum absolute atomic E-state index is 0.258. The molecule has 1 heteroatoms. The number of hydrogen-bond acceptors (Lipinski definition) is 1. The molecule has 0 radical (unpaired) electrons. The van der Waals surface area contributed by atoms with Crippen LogP contribution in [-0.4, -0.2) is 0 Å². The van der Waals surface area contributed by atoms with E-state index in [1.807, 2.05) is 0 Å². The average molecular weight is 189 g/mol. The van der Waals surface area contributed by atoms with Crippen LogP contribution in [0.3, 0.4) is 0 Å². The maximum Gasteiger partial charge on any atom is 0.0297 e. The minimum Gasteiger partial charge on any atom is -0.324 e. The van der Waals surface area contributed by atoms with Crippen molar-refractivity contribution in [3.05, 3.63) is 35.4 Å². The van der Waals surface area contributed by atoms with Crippen LogP contribution in [0.1, 0.15) is 43.4 Å². The van der Waals surface area contributed by atoms with Crippen LogP contribution in [0.15, 0.2) is 24.3 Å². The molecule has 1 nitrogen and oxygen atoms in total. The Balaban J connectivity index is 1.99. The highest BCUT2D eigenvalue weighted by atomic mass is 14.6. The second-order valence-electron chi connectivity index (χ2n) is 4.38. The Hall–Kier alpha value is -0.820. The molecule has 1 aliphatic rings. The Bertz CT molecular complexity index is 285. The van der Waals surface area contributed by atoms with Gasteiger partial charge in [-0.2, -0.15) is 0 Å². The minimum atomic E-state index is 0.258. The molecule has 76 valence electrons. The summed E-state index contributed by atoms with van der Waals surface area (Å²) >= 11 is 0. The van der Waals surface area contributed by atoms with Gasteiger partial charge in [0, 0.05) is 6.04 Å². The van der Waals surface area contributed by atoms with E-state index in [1.54, 1.807) is 0 Å². The zero-order valence-electron chi connectivity index (χ0n) is 8.87. The average Bonchev–Trinajstić information content (AvgIpc) is 3.02. The molecule has 1 saturated carbocycles. The lowest BCUT2D eigenvalue weighted by atomic mass is 10.0. The summed E-state index contributed by atoms with van der Waals surface area (Å²) in [5.74, 6) is 0.913. The van der Waals surface area contributed by atoms with Crippen molar-refractivity contribution in [3.63, 3.8) is 0 Å². The van der Waals surface area contributed by atoms with Crippen molar-refractivity contribution in [2.45, 2.75) is 38.6 Å². The molecular weight excluding hydrogens is 170 g/mol. The van der Waals surface area contributed by atoms with E-state index in [2.05, 4.69) is 31.2 Å². The maximum atomic E-state index is 6.13. The van der Waals surface area contributed by atoms with Crippen molar-refractivity contribution in [1.82, 2.24) is 0 Å². The quantitative estimate of drug-likeness (QED) is 0.774. The molecule has 1 fully saturated rings. The lowest BCUT2D eigenvalue weighted by molar-refractivity contribution is 0.597. The summed E-state index contributed by atoms with van der Waals surface area (Å²) in [4.78, 5) is 0. The van der Waals surface area contributed by atoms with Crippen LogP contribution in [-0.2, 0) is 6.42 Å². The molecule has 0 bridgehead atoms. The molecule has 0 unspecified atom stereocenters. The lowest BCUT2D eigenvalue weighted by Crippen LogP contribution is -2.10. The monoisotopic (exact) mass is 189 g/mol. The molecular formula is C13H19N. The summed E-state index contributed by atoms with van der Waals surface area (Å²) in [5, 5.41) is 0. The summed E-state index contributed by atoms with van der Waals surface area (Å²) in [7, 11) is 0. The molecule has 0 saturated heterocycles. The number of aryl methyl sites for hydroxylation is 1. The van der Waals surface area contributed by atoms with Gasteiger partial charge in [-0.1, -0.05) is 44.0 Å². The lowest BCUT2D eigenvalue weighted by Gasteiger charge is -2.11. The van der Waals surface area contributed by atoms with Crippen LogP contribution in [0.5, 0.6) is 0 Å². The Labute approximate surface area is 86.3 Å². The fourth-order valence-corrected chi connectivity index (χ4v) is 1.85. The SMILES string of the molecule is CCc1ccc([C@H](N)CC2CC2)cc1. The molecule has 0 aliphatic heterocycles. The zero-order chi connectivity index (χ0) is 9.97. The maximum absolute atomic E-state index is 6.13. The first-order valence-electron chi connectivity index (χ1n) is 5.64. The highest BCUT2D eigenvalue weighted by molar-refractivity contribution is 5.24. The van der Waals surface area contributed by atoms with Crippen LogP contribution in [0.2, 0.25) is 0 Å². The van der Waals surface area contributed by atoms with Gasteiger partial charge in [0.1, 0.15) is 0 Å². The first-order valence-corrected chi connectivity index (χ1v) is 5.64. The van der Waals surface area contributed by atoms with Gasteiger partial charge < -0.3 is 5.73 Å². The Morgan fingerprint density at radius 2 is 1.93 bits per heavy atom. The van der Waals surface area contributed by atoms with Crippen LogP contribution in [0.4, 0.5) is 0 Å². The van der Waals surface area contributed by atoms with Crippen molar-refractivity contribution in [2.75, 3.05) is 0 Å². The van der Waals surface area contributed by atoms with Gasteiger partial charge in [0.25, 0.3) is 0 Å². The molecule has 0 heterocycles. The summed E-state index contributed by atoms with van der Waals surface area (Å²) in [6.45, 7) is 2.18. The third kappa shape index (κ3) is 2.36. The summed E-state index contributed by atoms with van der Waals surface area (Å²) in [6.07, 6.45) is 5.06. The third-order valence-electron chi connectivity index (χ3n) is 3.10. The van der Waals surface area contributed by atoms with E-state index < -0.39 is 0 Å². The van der Waals surface area contributed by atoms with Gasteiger partial charge in [-0.3, -0.25) is 0 Å². The van der Waals surface area contributed by atoms with Gasteiger partial charge in [0.2, 0.25) is 0 Å². The predicted octanol–water partition coefficient (Wildman–Crippen LogP) is 3.05. The first-order chi connectivity index (χ1) is 6.79. The zero-order valence-corrected chi connectivity index (χ0v) is 8.87. The van der Waals surface area contributed by atoms with E-state index in [-0.39, 0.29) is 6.04 Å². The van der Waals surface area contributed by atoms with Crippen molar-refractivity contribution in [2.24, 2.45) is 11.7 Å². The Morgan fingerprint density at radius 1 is 1.29 bits per heavy atom. The van der Waals surface area contributed by atoms with E-state index in [9.17, 15) is 0 Å². The molecule has 0 spiro atoms. The van der Waals surface area contributed by atoms with Crippen molar-refractivity contribution in [3.8, 4) is 0 Å². The van der Waals surface area contributed by atoms with E-state index in [4.69, 9.17) is 5.73 Å². The van der Waals surface area contributed by atoms with Gasteiger partial charge in [-0.15, -0.1) is 0 Å². The second-order valence-corrected chi connectivity index (χ2v) is 4.38. The van der Waals surface area contributed by atoms with Gasteiger partial charge in [0.15, 0.2) is 0 Å². The van der Waals surface area contributed by atoms with E-state index in [1.165, 1.54) is 30.4 Å². The fraction of sp³-hybridized carbons (Fsp3) is 0.538. The number of nitrogens with two attached hydrogens (primary N) is 1. The van der Waals surface area contributed by atoms with Gasteiger partial charge in [-0.05, 0) is 29.9 Å². The first kappa shape index (κ1) is 9.72. The van der Waals surface area contributed by atoms with E-state index in [0.717, 1.165) is 12.3 Å².